The molecule has 4 nitrogen and oxygen atoms in total. The number of hydrogen-bond donors (Lipinski definition) is 1. The van der Waals surface area contributed by atoms with Crippen molar-refractivity contribution in [1.82, 2.24) is 9.88 Å². The lowest BCUT2D eigenvalue weighted by Crippen LogP contribution is -2.45. The Morgan fingerprint density at radius 1 is 1.26 bits per heavy atom. The summed E-state index contributed by atoms with van der Waals surface area (Å²) in [5.74, 6) is -2.07. The molecule has 0 saturated carbocycles. The number of halogens is 3. The number of likely N-dealkylation sites (tertiary alicyclic amines) is 1. The molecule has 3 rings (SSSR count). The number of carbonyl (C=O) groups is 1. The summed E-state index contributed by atoms with van der Waals surface area (Å²) in [7, 11) is 0. The number of H-pyrrole nitrogens is 1. The molecule has 0 radical (unpaired) electrons. The fourth-order valence-corrected chi connectivity index (χ4v) is 2.93. The highest BCUT2D eigenvalue weighted by Gasteiger charge is 2.42. The van der Waals surface area contributed by atoms with Gasteiger partial charge in [-0.05, 0) is 30.4 Å². The quantitative estimate of drug-likeness (QED) is 0.877. The van der Waals surface area contributed by atoms with Crippen LogP contribution in [0, 0.1) is 5.92 Å². The molecule has 23 heavy (non-hydrogen) atoms. The molecule has 1 aliphatic heterocycles. The van der Waals surface area contributed by atoms with Crippen LogP contribution in [0.3, 0.4) is 0 Å². The molecule has 0 spiro atoms. The smallest absolute Gasteiger partial charge is 0.337 e. The lowest BCUT2D eigenvalue weighted by molar-refractivity contribution is -0.184. The predicted molar refractivity (Wildman–Crippen MR) is 79.3 cm³/mol. The Labute approximate surface area is 129 Å². The molecule has 1 amide bonds. The number of benzene rings is 1. The summed E-state index contributed by atoms with van der Waals surface area (Å²) >= 11 is 0. The number of aromatic nitrogens is 1. The molecule has 2 aromatic rings. The number of hydrogen-bond acceptors (Lipinski definition) is 2. The van der Waals surface area contributed by atoms with Gasteiger partial charge in [0.2, 0.25) is 0 Å². The van der Waals surface area contributed by atoms with Gasteiger partial charge in [-0.25, -0.2) is 0 Å². The van der Waals surface area contributed by atoms with Gasteiger partial charge in [-0.3, -0.25) is 9.59 Å². The molecule has 1 aliphatic rings. The second-order valence-electron chi connectivity index (χ2n) is 5.73. The first-order valence-corrected chi connectivity index (χ1v) is 7.34. The summed E-state index contributed by atoms with van der Waals surface area (Å²) in [5, 5.41) is 1.03. The largest absolute Gasteiger partial charge is 0.393 e. The first-order chi connectivity index (χ1) is 10.9. The normalized spacial score (nSPS) is 19.1. The Kier molecular flexibility index (Phi) is 3.87. The van der Waals surface area contributed by atoms with Crippen molar-refractivity contribution >= 4 is 16.7 Å². The third-order valence-electron chi connectivity index (χ3n) is 4.16. The molecule has 1 fully saturated rings. The molecule has 1 aromatic heterocycles. The van der Waals surface area contributed by atoms with Gasteiger partial charge in [0, 0.05) is 18.5 Å². The van der Waals surface area contributed by atoms with E-state index in [1.165, 1.54) is 11.0 Å². The van der Waals surface area contributed by atoms with Crippen LogP contribution in [0.2, 0.25) is 0 Å². The van der Waals surface area contributed by atoms with Crippen molar-refractivity contribution in [3.8, 4) is 0 Å². The number of pyridine rings is 1. The van der Waals surface area contributed by atoms with E-state index in [4.69, 9.17) is 0 Å². The highest BCUT2D eigenvalue weighted by molar-refractivity contribution is 5.96. The SMILES string of the molecule is O=C(c1cc2ccccc2c(=O)[nH]1)N1CCC[C@@H](C(F)(F)F)C1. The maximum Gasteiger partial charge on any atom is 0.393 e. The van der Waals surface area contributed by atoms with Crippen molar-refractivity contribution in [2.24, 2.45) is 5.92 Å². The van der Waals surface area contributed by atoms with E-state index in [1.807, 2.05) is 0 Å². The standard InChI is InChI=1S/C16H15F3N2O2/c17-16(18,19)11-5-3-7-21(9-11)15(23)13-8-10-4-1-2-6-12(10)14(22)20-13/h1-2,4,6,8,11H,3,5,7,9H2,(H,20,22)/t11-/m1/s1. The fourth-order valence-electron chi connectivity index (χ4n) is 2.93. The number of piperidine rings is 1. The molecule has 1 saturated heterocycles. The van der Waals surface area contributed by atoms with Gasteiger partial charge < -0.3 is 9.88 Å². The molecular formula is C16H15F3N2O2. The fraction of sp³-hybridized carbons (Fsp3) is 0.375. The highest BCUT2D eigenvalue weighted by atomic mass is 19.4. The number of carbonyl (C=O) groups excluding carboxylic acids is 1. The van der Waals surface area contributed by atoms with E-state index >= 15 is 0 Å². The van der Waals surface area contributed by atoms with Crippen molar-refractivity contribution in [3.05, 3.63) is 46.4 Å². The summed E-state index contributed by atoms with van der Waals surface area (Å²) in [6.07, 6.45) is -3.98. The Morgan fingerprint density at radius 2 is 2.00 bits per heavy atom. The van der Waals surface area contributed by atoms with Gasteiger partial charge in [0.15, 0.2) is 0 Å². The van der Waals surface area contributed by atoms with Crippen molar-refractivity contribution < 1.29 is 18.0 Å². The van der Waals surface area contributed by atoms with Crippen LogP contribution < -0.4 is 5.56 Å². The zero-order chi connectivity index (χ0) is 16.6. The lowest BCUT2D eigenvalue weighted by atomic mass is 9.97. The molecule has 1 N–H and O–H groups in total. The minimum atomic E-state index is -4.31. The van der Waals surface area contributed by atoms with E-state index in [1.54, 1.807) is 24.3 Å². The summed E-state index contributed by atoms with van der Waals surface area (Å²) in [4.78, 5) is 28.1. The summed E-state index contributed by atoms with van der Waals surface area (Å²) in [5.41, 5.74) is -0.396. The molecule has 1 atom stereocenters. The Bertz CT molecular complexity index is 798. The van der Waals surface area contributed by atoms with Gasteiger partial charge in [0.1, 0.15) is 5.69 Å². The van der Waals surface area contributed by atoms with E-state index in [-0.39, 0.29) is 25.2 Å². The van der Waals surface area contributed by atoms with Crippen LogP contribution in [0.1, 0.15) is 23.3 Å². The molecule has 7 heteroatoms. The Morgan fingerprint density at radius 3 is 2.74 bits per heavy atom. The van der Waals surface area contributed by atoms with Crippen LogP contribution in [-0.2, 0) is 0 Å². The van der Waals surface area contributed by atoms with Crippen LogP contribution in [0.15, 0.2) is 35.1 Å². The number of fused-ring (bicyclic) bond motifs is 1. The Hall–Kier alpha value is -2.31. The molecular weight excluding hydrogens is 309 g/mol. The first-order valence-electron chi connectivity index (χ1n) is 7.34. The van der Waals surface area contributed by atoms with Crippen LogP contribution in [0.5, 0.6) is 0 Å². The Balaban J connectivity index is 1.90. The second kappa shape index (κ2) is 5.72. The number of alkyl halides is 3. The van der Waals surface area contributed by atoms with Crippen LogP contribution >= 0.6 is 0 Å². The van der Waals surface area contributed by atoms with Gasteiger partial charge in [-0.1, -0.05) is 18.2 Å². The molecule has 122 valence electrons. The van der Waals surface area contributed by atoms with Gasteiger partial charge in [0.05, 0.1) is 5.92 Å². The summed E-state index contributed by atoms with van der Waals surface area (Å²) in [6, 6.07) is 8.27. The van der Waals surface area contributed by atoms with E-state index in [0.717, 1.165) is 0 Å². The van der Waals surface area contributed by atoms with E-state index in [9.17, 15) is 22.8 Å². The van der Waals surface area contributed by atoms with Gasteiger partial charge in [-0.2, -0.15) is 13.2 Å². The second-order valence-corrected chi connectivity index (χ2v) is 5.73. The van der Waals surface area contributed by atoms with Crippen molar-refractivity contribution in [2.75, 3.05) is 13.1 Å². The van der Waals surface area contributed by atoms with Crippen molar-refractivity contribution in [3.63, 3.8) is 0 Å². The number of aromatic amines is 1. The molecule has 1 aromatic carbocycles. The number of nitrogens with zero attached hydrogens (tertiary/aromatic N) is 1. The van der Waals surface area contributed by atoms with E-state index in [0.29, 0.717) is 17.2 Å². The minimum Gasteiger partial charge on any atom is -0.337 e. The van der Waals surface area contributed by atoms with Crippen LogP contribution in [0.25, 0.3) is 10.8 Å². The molecule has 0 bridgehead atoms. The maximum atomic E-state index is 12.9. The van der Waals surface area contributed by atoms with E-state index in [2.05, 4.69) is 4.98 Å². The monoisotopic (exact) mass is 324 g/mol. The molecule has 0 unspecified atom stereocenters. The average Bonchev–Trinajstić information content (AvgIpc) is 2.53. The van der Waals surface area contributed by atoms with E-state index < -0.39 is 23.6 Å². The zero-order valence-electron chi connectivity index (χ0n) is 12.2. The lowest BCUT2D eigenvalue weighted by Gasteiger charge is -2.33. The van der Waals surface area contributed by atoms with Gasteiger partial charge in [-0.15, -0.1) is 0 Å². The third-order valence-corrected chi connectivity index (χ3v) is 4.16. The summed E-state index contributed by atoms with van der Waals surface area (Å²) in [6.45, 7) is -0.0997. The van der Waals surface area contributed by atoms with Crippen molar-refractivity contribution in [1.29, 1.82) is 0 Å². The van der Waals surface area contributed by atoms with Gasteiger partial charge >= 0.3 is 6.18 Å². The van der Waals surface area contributed by atoms with Crippen LogP contribution in [0.4, 0.5) is 13.2 Å². The first kappa shape index (κ1) is 15.6. The molecule has 2 heterocycles. The number of rotatable bonds is 1. The molecule has 0 aliphatic carbocycles. The highest BCUT2D eigenvalue weighted by Crippen LogP contribution is 2.33. The maximum absolute atomic E-state index is 12.9. The number of nitrogens with one attached hydrogen (secondary N) is 1. The predicted octanol–water partition coefficient (Wildman–Crippen LogP) is 2.94. The third kappa shape index (κ3) is 3.09. The van der Waals surface area contributed by atoms with Gasteiger partial charge in [0.25, 0.3) is 11.5 Å². The van der Waals surface area contributed by atoms with Crippen LogP contribution in [-0.4, -0.2) is 35.1 Å². The topological polar surface area (TPSA) is 53.2 Å². The number of amides is 1. The summed E-state index contributed by atoms with van der Waals surface area (Å²) < 4.78 is 38.6. The minimum absolute atomic E-state index is 0.0246. The van der Waals surface area contributed by atoms with Crippen molar-refractivity contribution in [2.45, 2.75) is 19.0 Å². The average molecular weight is 324 g/mol. The zero-order valence-corrected chi connectivity index (χ0v) is 12.2.